The van der Waals surface area contributed by atoms with Crippen LogP contribution in [-0.2, 0) is 28.8 Å². The van der Waals surface area contributed by atoms with Crippen LogP contribution in [0.3, 0.4) is 0 Å². The van der Waals surface area contributed by atoms with E-state index in [2.05, 4.69) is 40.4 Å². The van der Waals surface area contributed by atoms with Crippen molar-refractivity contribution < 1.29 is 28.8 Å². The molecule has 1 saturated carbocycles. The van der Waals surface area contributed by atoms with Crippen LogP contribution in [0.1, 0.15) is 106 Å². The topological polar surface area (TPSA) is 215 Å². The molecule has 1 fully saturated rings. The van der Waals surface area contributed by atoms with Gasteiger partial charge < -0.3 is 38.1 Å². The second-order valence-electron chi connectivity index (χ2n) is 10.1. The van der Waals surface area contributed by atoms with Crippen LogP contribution in [0.5, 0.6) is 0 Å². The fourth-order valence-corrected chi connectivity index (χ4v) is 3.47. The third-order valence-corrected chi connectivity index (χ3v) is 6.03. The van der Waals surface area contributed by atoms with E-state index in [-0.39, 0.29) is 19.0 Å². The molecule has 1 unspecified atom stereocenters. The Morgan fingerprint density at radius 3 is 1.68 bits per heavy atom. The van der Waals surface area contributed by atoms with Crippen LogP contribution in [0.2, 0.25) is 0 Å². The minimum Gasteiger partial charge on any atom is -0.368 e. The van der Waals surface area contributed by atoms with Gasteiger partial charge in [-0.2, -0.15) is 0 Å². The van der Waals surface area contributed by atoms with Crippen molar-refractivity contribution >= 4 is 35.4 Å². The zero-order valence-electron chi connectivity index (χ0n) is 28.0. The Hall–Kier alpha value is -3.48. The molecule has 0 radical (unpaired) electrons. The highest BCUT2D eigenvalue weighted by Crippen LogP contribution is 2.22. The average Bonchev–Trinajstić information content (AvgIpc) is 3.02. The molecule has 13 heteroatoms. The number of unbranched alkanes of at least 4 members (excludes halogenated alkanes) is 2. The lowest BCUT2D eigenvalue weighted by Crippen LogP contribution is -2.50. The Morgan fingerprint density at radius 1 is 0.750 bits per heavy atom. The highest BCUT2D eigenvalue weighted by molar-refractivity contribution is 5.99. The van der Waals surface area contributed by atoms with Gasteiger partial charge in [0.1, 0.15) is 6.04 Å². The van der Waals surface area contributed by atoms with Crippen molar-refractivity contribution in [3.63, 3.8) is 0 Å². The Kier molecular flexibility index (Phi) is 33.1. The van der Waals surface area contributed by atoms with Crippen molar-refractivity contribution in [2.75, 3.05) is 32.7 Å². The summed E-state index contributed by atoms with van der Waals surface area (Å²) in [5.74, 6) is -2.58. The van der Waals surface area contributed by atoms with Crippen molar-refractivity contribution in [2.45, 2.75) is 112 Å². The van der Waals surface area contributed by atoms with Gasteiger partial charge in [0.25, 0.3) is 0 Å². The number of carbonyl (C=O) groups excluding carboxylic acids is 6. The lowest BCUT2D eigenvalue weighted by atomic mass is 9.91. The highest BCUT2D eigenvalue weighted by Gasteiger charge is 2.18. The molecule has 256 valence electrons. The fraction of sp³-hybridized carbons (Fsp3) is 0.742. The van der Waals surface area contributed by atoms with Crippen molar-refractivity contribution in [3.8, 4) is 0 Å². The Bertz CT molecular complexity index is 828. The van der Waals surface area contributed by atoms with E-state index in [1.165, 1.54) is 44.9 Å². The first kappa shape index (κ1) is 45.0. The number of primary amides is 1. The number of carbonyl (C=O) groups is 6. The molecule has 0 heterocycles. The molecule has 0 saturated heterocycles. The normalized spacial score (nSPS) is 12.8. The molecule has 0 spiro atoms. The Balaban J connectivity index is -0.000000979. The van der Waals surface area contributed by atoms with Crippen molar-refractivity contribution in [1.82, 2.24) is 26.6 Å². The van der Waals surface area contributed by atoms with Crippen molar-refractivity contribution in [1.29, 1.82) is 0 Å². The van der Waals surface area contributed by atoms with Gasteiger partial charge in [-0.25, -0.2) is 0 Å². The number of nitrogens with one attached hydrogen (secondary N) is 5. The van der Waals surface area contributed by atoms with Gasteiger partial charge in [0.2, 0.25) is 35.4 Å². The lowest BCUT2D eigenvalue weighted by molar-refractivity contribution is -0.130. The quantitative estimate of drug-likeness (QED) is 0.0989. The number of hydrogen-bond donors (Lipinski definition) is 7. The molecule has 0 aromatic heterocycles. The molecule has 1 atom stereocenters. The predicted octanol–water partition coefficient (Wildman–Crippen LogP) is 1.55. The molecule has 0 bridgehead atoms. The van der Waals surface area contributed by atoms with Gasteiger partial charge in [0, 0.05) is 18.7 Å². The van der Waals surface area contributed by atoms with Crippen molar-refractivity contribution in [2.24, 2.45) is 17.4 Å². The Labute approximate surface area is 264 Å². The van der Waals surface area contributed by atoms with E-state index >= 15 is 0 Å². The highest BCUT2D eigenvalue weighted by atomic mass is 16.2. The van der Waals surface area contributed by atoms with Crippen LogP contribution in [0.15, 0.2) is 12.2 Å². The molecule has 1 aliphatic rings. The van der Waals surface area contributed by atoms with Gasteiger partial charge in [-0.15, -0.1) is 0 Å². The van der Waals surface area contributed by atoms with E-state index < -0.39 is 42.1 Å². The van der Waals surface area contributed by atoms with Crippen LogP contribution < -0.4 is 38.1 Å². The first-order valence-electron chi connectivity index (χ1n) is 16.1. The summed E-state index contributed by atoms with van der Waals surface area (Å²) in [5, 5.41) is 11.9. The summed E-state index contributed by atoms with van der Waals surface area (Å²) in [7, 11) is 0. The van der Waals surface area contributed by atoms with E-state index in [0.717, 1.165) is 37.5 Å². The SMILES string of the molecule is CC.CC1CCCCC1.CCCCN.CCCCNC(=O)C(CC)NC(=O)CNC(=O)CNC(=O)/C=C/C(=O)NCC(N)=O. The van der Waals surface area contributed by atoms with Gasteiger partial charge in [-0.3, -0.25) is 28.8 Å². The standard InChI is InChI=1S/C18H30N6O6.C7H14.C4H11N.C2H6/c1-3-5-8-20-18(30)12(4-2)24-17(29)11-23-16(28)10-22-15(27)7-6-14(26)21-9-13(19)25;1-7-5-3-2-4-6-7;1-2-3-4-5;1-2/h6-7,12H,3-5,8-11H2,1-2H3,(H2,19,25)(H,20,30)(H,21,26)(H,22,27)(H,23,28)(H,24,29);7H,2-6H2,1H3;2-5H2,1H3;1-2H3/b7-6+;;;. The second kappa shape index (κ2) is 32.4. The maximum Gasteiger partial charge on any atom is 0.244 e. The fourth-order valence-electron chi connectivity index (χ4n) is 3.47. The number of amides is 6. The predicted molar refractivity (Wildman–Crippen MR) is 175 cm³/mol. The maximum absolute atomic E-state index is 12.0. The van der Waals surface area contributed by atoms with Crippen LogP contribution in [-0.4, -0.2) is 74.2 Å². The smallest absolute Gasteiger partial charge is 0.244 e. The summed E-state index contributed by atoms with van der Waals surface area (Å²) < 4.78 is 0. The molecule has 0 aromatic carbocycles. The summed E-state index contributed by atoms with van der Waals surface area (Å²) in [5.41, 5.74) is 9.99. The molecular weight excluding hydrogens is 566 g/mol. The third kappa shape index (κ3) is 31.5. The summed E-state index contributed by atoms with van der Waals surface area (Å²) in [6.45, 7) is 12.5. The van der Waals surface area contributed by atoms with E-state index in [1.807, 2.05) is 20.8 Å². The third-order valence-electron chi connectivity index (χ3n) is 6.03. The maximum atomic E-state index is 12.0. The molecule has 9 N–H and O–H groups in total. The van der Waals surface area contributed by atoms with Crippen LogP contribution in [0, 0.1) is 5.92 Å². The zero-order valence-corrected chi connectivity index (χ0v) is 28.0. The molecule has 0 aliphatic heterocycles. The molecule has 6 amide bonds. The minimum absolute atomic E-state index is 0.287. The van der Waals surface area contributed by atoms with Gasteiger partial charge >= 0.3 is 0 Å². The van der Waals surface area contributed by atoms with E-state index in [1.54, 1.807) is 6.92 Å². The second-order valence-corrected chi connectivity index (χ2v) is 10.1. The summed E-state index contributed by atoms with van der Waals surface area (Å²) >= 11 is 0. The van der Waals surface area contributed by atoms with Gasteiger partial charge in [-0.1, -0.05) is 86.5 Å². The minimum atomic E-state index is -0.732. The van der Waals surface area contributed by atoms with Gasteiger partial charge in [-0.05, 0) is 31.7 Å². The first-order valence-corrected chi connectivity index (χ1v) is 16.1. The number of rotatable bonds is 16. The number of nitrogens with two attached hydrogens (primary N) is 2. The summed E-state index contributed by atoms with van der Waals surface area (Å²) in [6.07, 6.45) is 13.7. The van der Waals surface area contributed by atoms with E-state index in [4.69, 9.17) is 11.5 Å². The monoisotopic (exact) mass is 627 g/mol. The van der Waals surface area contributed by atoms with E-state index in [9.17, 15) is 28.8 Å². The molecule has 13 nitrogen and oxygen atoms in total. The van der Waals surface area contributed by atoms with E-state index in [0.29, 0.717) is 13.0 Å². The summed E-state index contributed by atoms with van der Waals surface area (Å²) in [6, 6.07) is -0.697. The zero-order chi connectivity index (χ0) is 34.2. The number of hydrogen-bond acceptors (Lipinski definition) is 7. The first-order chi connectivity index (χ1) is 21.0. The van der Waals surface area contributed by atoms with Crippen LogP contribution in [0.4, 0.5) is 0 Å². The lowest BCUT2D eigenvalue weighted by Gasteiger charge is -2.17. The van der Waals surface area contributed by atoms with Crippen molar-refractivity contribution in [3.05, 3.63) is 12.2 Å². The molecule has 44 heavy (non-hydrogen) atoms. The van der Waals surface area contributed by atoms with Crippen LogP contribution in [0.25, 0.3) is 0 Å². The average molecular weight is 628 g/mol. The molecular formula is C31H61N7O6. The summed E-state index contributed by atoms with van der Waals surface area (Å²) in [4.78, 5) is 68.8. The molecule has 1 rings (SSSR count). The Morgan fingerprint density at radius 2 is 1.27 bits per heavy atom. The van der Waals surface area contributed by atoms with Gasteiger partial charge in [0.05, 0.1) is 19.6 Å². The largest absolute Gasteiger partial charge is 0.368 e. The van der Waals surface area contributed by atoms with Gasteiger partial charge in [0.15, 0.2) is 0 Å². The molecule has 0 aromatic rings. The molecule has 1 aliphatic carbocycles. The van der Waals surface area contributed by atoms with Crippen LogP contribution >= 0.6 is 0 Å².